The fourth-order valence-corrected chi connectivity index (χ4v) is 1.66. The van der Waals surface area contributed by atoms with Gasteiger partial charge in [0.25, 0.3) is 5.69 Å². The lowest BCUT2D eigenvalue weighted by molar-refractivity contribution is -0.385. The molecule has 6 heteroatoms. The molecule has 6 nitrogen and oxygen atoms in total. The second-order valence-corrected chi connectivity index (χ2v) is 3.75. The first-order valence-corrected chi connectivity index (χ1v) is 5.57. The van der Waals surface area contributed by atoms with Crippen LogP contribution in [-0.4, -0.2) is 34.7 Å². The van der Waals surface area contributed by atoms with E-state index >= 15 is 0 Å². The van der Waals surface area contributed by atoms with E-state index in [2.05, 4.69) is 4.98 Å². The van der Waals surface area contributed by atoms with Crippen LogP contribution in [0.3, 0.4) is 0 Å². The van der Waals surface area contributed by atoms with Crippen LogP contribution in [0, 0.1) is 17.0 Å². The largest absolute Gasteiger partial charge is 0.396 e. The Morgan fingerprint density at radius 3 is 2.76 bits per heavy atom. The van der Waals surface area contributed by atoms with E-state index in [9.17, 15) is 10.1 Å². The maximum atomic E-state index is 10.6. The number of rotatable bonds is 6. The van der Waals surface area contributed by atoms with Gasteiger partial charge in [-0.25, -0.2) is 4.98 Å². The van der Waals surface area contributed by atoms with Crippen molar-refractivity contribution in [2.24, 2.45) is 0 Å². The first kappa shape index (κ1) is 13.4. The third-order valence-electron chi connectivity index (χ3n) is 2.51. The van der Waals surface area contributed by atoms with Crippen molar-refractivity contribution in [2.45, 2.75) is 20.3 Å². The summed E-state index contributed by atoms with van der Waals surface area (Å²) < 4.78 is 0. The van der Waals surface area contributed by atoms with Crippen LogP contribution < -0.4 is 4.90 Å². The molecular formula is C11H17N3O3. The number of anilines is 1. The van der Waals surface area contributed by atoms with Gasteiger partial charge in [0.05, 0.1) is 4.92 Å². The topological polar surface area (TPSA) is 79.5 Å². The molecule has 0 spiro atoms. The van der Waals surface area contributed by atoms with E-state index in [1.165, 1.54) is 12.3 Å². The Balaban J connectivity index is 2.92. The molecule has 1 aromatic rings. The summed E-state index contributed by atoms with van der Waals surface area (Å²) in [7, 11) is 0. The number of pyridine rings is 1. The minimum atomic E-state index is -0.451. The molecule has 0 amide bonds. The molecule has 0 unspecified atom stereocenters. The highest BCUT2D eigenvalue weighted by Gasteiger charge is 2.13. The van der Waals surface area contributed by atoms with Crippen molar-refractivity contribution in [3.8, 4) is 0 Å². The van der Waals surface area contributed by atoms with E-state index in [4.69, 9.17) is 5.11 Å². The fraction of sp³-hybridized carbons (Fsp3) is 0.545. The molecule has 1 heterocycles. The molecule has 0 fully saturated rings. The van der Waals surface area contributed by atoms with Crippen LogP contribution in [0.25, 0.3) is 0 Å². The second-order valence-electron chi connectivity index (χ2n) is 3.75. The predicted molar refractivity (Wildman–Crippen MR) is 65.2 cm³/mol. The molecule has 1 rings (SSSR count). The summed E-state index contributed by atoms with van der Waals surface area (Å²) in [5.74, 6) is 0.742. The molecule has 0 saturated carbocycles. The lowest BCUT2D eigenvalue weighted by Crippen LogP contribution is -2.26. The van der Waals surface area contributed by atoms with Crippen LogP contribution in [0.5, 0.6) is 0 Å². The number of aromatic nitrogens is 1. The van der Waals surface area contributed by atoms with Crippen molar-refractivity contribution in [3.05, 3.63) is 27.9 Å². The number of aliphatic hydroxyl groups is 1. The zero-order chi connectivity index (χ0) is 12.8. The normalized spacial score (nSPS) is 10.3. The quantitative estimate of drug-likeness (QED) is 0.601. The average molecular weight is 239 g/mol. The Morgan fingerprint density at radius 2 is 2.29 bits per heavy atom. The van der Waals surface area contributed by atoms with Crippen molar-refractivity contribution in [1.29, 1.82) is 0 Å². The first-order valence-electron chi connectivity index (χ1n) is 5.57. The lowest BCUT2D eigenvalue weighted by atomic mass is 10.2. The summed E-state index contributed by atoms with van der Waals surface area (Å²) in [5.41, 5.74) is 0.781. The zero-order valence-electron chi connectivity index (χ0n) is 10.1. The van der Waals surface area contributed by atoms with Crippen LogP contribution in [-0.2, 0) is 0 Å². The molecular weight excluding hydrogens is 222 g/mol. The minimum absolute atomic E-state index is 0.00413. The average Bonchev–Trinajstić information content (AvgIpc) is 2.31. The Morgan fingerprint density at radius 1 is 1.59 bits per heavy atom. The van der Waals surface area contributed by atoms with E-state index in [0.29, 0.717) is 13.0 Å². The van der Waals surface area contributed by atoms with Gasteiger partial charge in [0.1, 0.15) is 12.0 Å². The van der Waals surface area contributed by atoms with Gasteiger partial charge < -0.3 is 10.0 Å². The van der Waals surface area contributed by atoms with Gasteiger partial charge >= 0.3 is 0 Å². The second kappa shape index (κ2) is 6.15. The van der Waals surface area contributed by atoms with E-state index in [1.54, 1.807) is 6.92 Å². The van der Waals surface area contributed by atoms with E-state index in [-0.39, 0.29) is 12.3 Å². The van der Waals surface area contributed by atoms with Gasteiger partial charge in [-0.1, -0.05) is 0 Å². The van der Waals surface area contributed by atoms with Crippen LogP contribution >= 0.6 is 0 Å². The highest BCUT2D eigenvalue weighted by atomic mass is 16.6. The maximum absolute atomic E-state index is 10.6. The highest BCUT2D eigenvalue weighted by Crippen LogP contribution is 2.21. The molecule has 0 bridgehead atoms. The van der Waals surface area contributed by atoms with E-state index in [1.807, 2.05) is 11.8 Å². The molecule has 0 atom stereocenters. The van der Waals surface area contributed by atoms with Gasteiger partial charge in [-0.05, 0) is 25.8 Å². The minimum Gasteiger partial charge on any atom is -0.396 e. The lowest BCUT2D eigenvalue weighted by Gasteiger charge is -2.22. The standard InChI is InChI=1S/C11H17N3O3/c1-3-13(5-4-6-15)11-9(2)7-10(8-12-11)14(16)17/h7-8,15H,3-6H2,1-2H3. The third-order valence-corrected chi connectivity index (χ3v) is 2.51. The van der Waals surface area contributed by atoms with Crippen molar-refractivity contribution < 1.29 is 10.0 Å². The monoisotopic (exact) mass is 239 g/mol. The molecule has 17 heavy (non-hydrogen) atoms. The number of aliphatic hydroxyl groups excluding tert-OH is 1. The summed E-state index contributed by atoms with van der Waals surface area (Å²) in [5, 5.41) is 19.4. The Kier molecular flexibility index (Phi) is 4.84. The predicted octanol–water partition coefficient (Wildman–Crippen LogP) is 1.51. The van der Waals surface area contributed by atoms with Crippen molar-refractivity contribution in [2.75, 3.05) is 24.6 Å². The smallest absolute Gasteiger partial charge is 0.287 e. The summed E-state index contributed by atoms with van der Waals surface area (Å²) in [4.78, 5) is 16.3. The molecule has 0 radical (unpaired) electrons. The van der Waals surface area contributed by atoms with Crippen molar-refractivity contribution in [3.63, 3.8) is 0 Å². The summed E-state index contributed by atoms with van der Waals surface area (Å²) >= 11 is 0. The van der Waals surface area contributed by atoms with Crippen LogP contribution in [0.15, 0.2) is 12.3 Å². The zero-order valence-corrected chi connectivity index (χ0v) is 10.1. The van der Waals surface area contributed by atoms with Crippen molar-refractivity contribution >= 4 is 11.5 Å². The summed E-state index contributed by atoms with van der Waals surface area (Å²) in [6.07, 6.45) is 1.93. The summed E-state index contributed by atoms with van der Waals surface area (Å²) in [6, 6.07) is 1.52. The Labute approximate surface area is 100 Å². The molecule has 0 aliphatic heterocycles. The van der Waals surface area contributed by atoms with Gasteiger partial charge in [-0.3, -0.25) is 10.1 Å². The number of nitrogens with zero attached hydrogens (tertiary/aromatic N) is 3. The number of nitro groups is 1. The highest BCUT2D eigenvalue weighted by molar-refractivity contribution is 5.50. The molecule has 0 aliphatic carbocycles. The molecule has 0 aliphatic rings. The fourth-order valence-electron chi connectivity index (χ4n) is 1.66. The Hall–Kier alpha value is -1.69. The first-order chi connectivity index (χ1) is 8.10. The van der Waals surface area contributed by atoms with Crippen LogP contribution in [0.1, 0.15) is 18.9 Å². The van der Waals surface area contributed by atoms with E-state index < -0.39 is 4.92 Å². The van der Waals surface area contributed by atoms with Gasteiger partial charge in [0.2, 0.25) is 0 Å². The number of aryl methyl sites for hydroxylation is 1. The molecule has 0 aromatic carbocycles. The van der Waals surface area contributed by atoms with Crippen LogP contribution in [0.4, 0.5) is 11.5 Å². The molecule has 1 N–H and O–H groups in total. The molecule has 0 saturated heterocycles. The molecule has 94 valence electrons. The van der Waals surface area contributed by atoms with Crippen molar-refractivity contribution in [1.82, 2.24) is 4.98 Å². The summed E-state index contributed by atoms with van der Waals surface area (Å²) in [6.45, 7) is 5.36. The third kappa shape index (κ3) is 3.39. The SMILES string of the molecule is CCN(CCCO)c1ncc([N+](=O)[O-])cc1C. The van der Waals surface area contributed by atoms with Gasteiger partial charge in [-0.15, -0.1) is 0 Å². The molecule has 1 aromatic heterocycles. The van der Waals surface area contributed by atoms with Gasteiger partial charge in [0.15, 0.2) is 0 Å². The van der Waals surface area contributed by atoms with E-state index in [0.717, 1.165) is 17.9 Å². The van der Waals surface area contributed by atoms with Gasteiger partial charge in [-0.2, -0.15) is 0 Å². The van der Waals surface area contributed by atoms with Gasteiger partial charge in [0, 0.05) is 25.8 Å². The van der Waals surface area contributed by atoms with Crippen LogP contribution in [0.2, 0.25) is 0 Å². The number of hydrogen-bond acceptors (Lipinski definition) is 5. The maximum Gasteiger partial charge on any atom is 0.287 e. The number of hydrogen-bond donors (Lipinski definition) is 1. The Bertz CT molecular complexity index is 396.